The molecule has 1 saturated carbocycles. The highest BCUT2D eigenvalue weighted by Gasteiger charge is 2.37. The van der Waals surface area contributed by atoms with Gasteiger partial charge in [0.25, 0.3) is 0 Å². The molecule has 3 rings (SSSR count). The van der Waals surface area contributed by atoms with Crippen LogP contribution in [0.4, 0.5) is 0 Å². The molecule has 3 heteroatoms. The van der Waals surface area contributed by atoms with Gasteiger partial charge >= 0.3 is 5.97 Å². The van der Waals surface area contributed by atoms with E-state index < -0.39 is 5.54 Å². The second-order valence-corrected chi connectivity index (χ2v) is 6.00. The van der Waals surface area contributed by atoms with Crippen molar-refractivity contribution in [3.63, 3.8) is 0 Å². The fourth-order valence-electron chi connectivity index (χ4n) is 2.67. The first-order chi connectivity index (χ1) is 10.1. The van der Waals surface area contributed by atoms with Gasteiger partial charge in [0.2, 0.25) is 0 Å². The van der Waals surface area contributed by atoms with Gasteiger partial charge in [-0.05, 0) is 54.6 Å². The molecule has 1 N–H and O–H groups in total. The van der Waals surface area contributed by atoms with Crippen LogP contribution in [-0.4, -0.2) is 19.6 Å². The summed E-state index contributed by atoms with van der Waals surface area (Å²) in [6, 6.07) is 14.3. The van der Waals surface area contributed by atoms with Crippen molar-refractivity contribution in [1.29, 1.82) is 0 Å². The van der Waals surface area contributed by atoms with Crippen LogP contribution < -0.4 is 5.32 Å². The molecule has 0 spiro atoms. The van der Waals surface area contributed by atoms with Crippen LogP contribution in [0.1, 0.15) is 25.3 Å². The number of rotatable bonds is 5. The molecule has 0 aromatic heterocycles. The quantitative estimate of drug-likeness (QED) is 0.856. The molecule has 0 amide bonds. The van der Waals surface area contributed by atoms with Crippen molar-refractivity contribution in [3.8, 4) is 0 Å². The van der Waals surface area contributed by atoms with Crippen molar-refractivity contribution in [2.45, 2.75) is 25.3 Å². The Kier molecular flexibility index (Phi) is 3.68. The zero-order valence-corrected chi connectivity index (χ0v) is 12.6. The van der Waals surface area contributed by atoms with Gasteiger partial charge in [0, 0.05) is 0 Å². The third-order valence-corrected chi connectivity index (χ3v) is 4.36. The van der Waals surface area contributed by atoms with Crippen LogP contribution in [0, 0.1) is 5.92 Å². The number of benzene rings is 2. The third-order valence-electron chi connectivity index (χ3n) is 4.36. The van der Waals surface area contributed by atoms with E-state index in [1.165, 1.54) is 25.3 Å². The van der Waals surface area contributed by atoms with Gasteiger partial charge in [0.05, 0.1) is 7.11 Å². The normalized spacial score (nSPS) is 17.4. The molecule has 0 radical (unpaired) electrons. The molecule has 0 aliphatic heterocycles. The highest BCUT2D eigenvalue weighted by atomic mass is 16.5. The molecule has 1 atom stereocenters. The van der Waals surface area contributed by atoms with E-state index in [0.29, 0.717) is 5.92 Å². The minimum Gasteiger partial charge on any atom is -0.467 e. The molecule has 110 valence electrons. The van der Waals surface area contributed by atoms with Crippen molar-refractivity contribution in [1.82, 2.24) is 5.32 Å². The maximum absolute atomic E-state index is 12.3. The van der Waals surface area contributed by atoms with Crippen molar-refractivity contribution in [3.05, 3.63) is 48.0 Å². The molecule has 2 aromatic carbocycles. The maximum atomic E-state index is 12.3. The molecule has 0 bridgehead atoms. The lowest BCUT2D eigenvalue weighted by Crippen LogP contribution is -2.48. The fourth-order valence-corrected chi connectivity index (χ4v) is 2.67. The number of esters is 1. The molecule has 21 heavy (non-hydrogen) atoms. The molecule has 1 aliphatic rings. The minimum absolute atomic E-state index is 0.238. The summed E-state index contributed by atoms with van der Waals surface area (Å²) in [5.74, 6) is 0.466. The van der Waals surface area contributed by atoms with Gasteiger partial charge in [-0.3, -0.25) is 5.32 Å². The number of hydrogen-bond acceptors (Lipinski definition) is 3. The Hall–Kier alpha value is -1.87. The largest absolute Gasteiger partial charge is 0.467 e. The summed E-state index contributed by atoms with van der Waals surface area (Å²) in [6.07, 6.45) is 2.50. The zero-order valence-electron chi connectivity index (χ0n) is 12.6. The molecule has 3 nitrogen and oxygen atoms in total. The second kappa shape index (κ2) is 5.49. The molecule has 0 saturated heterocycles. The van der Waals surface area contributed by atoms with Crippen LogP contribution in [0.15, 0.2) is 42.5 Å². The van der Waals surface area contributed by atoms with E-state index in [9.17, 15) is 4.79 Å². The van der Waals surface area contributed by atoms with Gasteiger partial charge in [-0.2, -0.15) is 0 Å². The van der Waals surface area contributed by atoms with Gasteiger partial charge in [-0.1, -0.05) is 36.4 Å². The highest BCUT2D eigenvalue weighted by molar-refractivity contribution is 5.87. The predicted molar refractivity (Wildman–Crippen MR) is 84.0 cm³/mol. The first-order valence-corrected chi connectivity index (χ1v) is 7.46. The number of methoxy groups -OCH3 is 1. The van der Waals surface area contributed by atoms with Crippen LogP contribution >= 0.6 is 0 Å². The Morgan fingerprint density at radius 3 is 2.62 bits per heavy atom. The number of carbonyl (C=O) groups excluding carboxylic acids is 1. The summed E-state index contributed by atoms with van der Waals surface area (Å²) in [7, 11) is 1.44. The predicted octanol–water partition coefficient (Wildman–Crippen LogP) is 3.23. The van der Waals surface area contributed by atoms with Crippen LogP contribution in [0.5, 0.6) is 0 Å². The standard InChI is InChI=1S/C18H21NO2/c1-18(17(20)21-2,19-12-13-7-8-13)16-10-9-14-5-3-4-6-15(14)11-16/h3-6,9-11,13,19H,7-8,12H2,1-2H3. The fraction of sp³-hybridized carbons (Fsp3) is 0.389. The Labute approximate surface area is 125 Å². The molecule has 1 aliphatic carbocycles. The first kappa shape index (κ1) is 14.1. The summed E-state index contributed by atoms with van der Waals surface area (Å²) in [5.41, 5.74) is 0.162. The van der Waals surface area contributed by atoms with Crippen molar-refractivity contribution < 1.29 is 9.53 Å². The second-order valence-electron chi connectivity index (χ2n) is 6.00. The monoisotopic (exact) mass is 283 g/mol. The number of ether oxygens (including phenoxy) is 1. The van der Waals surface area contributed by atoms with Crippen molar-refractivity contribution >= 4 is 16.7 Å². The number of fused-ring (bicyclic) bond motifs is 1. The average molecular weight is 283 g/mol. The first-order valence-electron chi connectivity index (χ1n) is 7.46. The van der Waals surface area contributed by atoms with Crippen LogP contribution in [0.3, 0.4) is 0 Å². The number of hydrogen-bond donors (Lipinski definition) is 1. The lowest BCUT2D eigenvalue weighted by Gasteiger charge is -2.29. The summed E-state index contributed by atoms with van der Waals surface area (Å²) in [4.78, 5) is 12.3. The van der Waals surface area contributed by atoms with Gasteiger partial charge in [0.15, 0.2) is 0 Å². The number of nitrogens with one attached hydrogen (secondary N) is 1. The lowest BCUT2D eigenvalue weighted by atomic mass is 9.90. The topological polar surface area (TPSA) is 38.3 Å². The Bertz CT molecular complexity index is 663. The van der Waals surface area contributed by atoms with E-state index in [1.807, 2.05) is 25.1 Å². The summed E-state index contributed by atoms with van der Waals surface area (Å²) in [5, 5.41) is 5.73. The molecule has 2 aromatic rings. The van der Waals surface area contributed by atoms with Gasteiger partial charge < -0.3 is 4.74 Å². The third kappa shape index (κ3) is 2.79. The van der Waals surface area contributed by atoms with Crippen LogP contribution in [0.25, 0.3) is 10.8 Å². The van der Waals surface area contributed by atoms with Gasteiger partial charge in [-0.15, -0.1) is 0 Å². The smallest absolute Gasteiger partial charge is 0.330 e. The summed E-state index contributed by atoms with van der Waals surface area (Å²) in [6.45, 7) is 2.77. The minimum atomic E-state index is -0.790. The molecular formula is C18H21NO2. The zero-order chi connectivity index (χ0) is 14.9. The Balaban J connectivity index is 1.97. The lowest BCUT2D eigenvalue weighted by molar-refractivity contribution is -0.148. The van der Waals surface area contributed by atoms with Crippen LogP contribution in [0.2, 0.25) is 0 Å². The maximum Gasteiger partial charge on any atom is 0.330 e. The molecule has 1 unspecified atom stereocenters. The Morgan fingerprint density at radius 2 is 1.95 bits per heavy atom. The van der Waals surface area contributed by atoms with Crippen LogP contribution in [-0.2, 0) is 15.1 Å². The Morgan fingerprint density at radius 1 is 1.24 bits per heavy atom. The van der Waals surface area contributed by atoms with E-state index in [2.05, 4.69) is 29.6 Å². The highest BCUT2D eigenvalue weighted by Crippen LogP contribution is 2.31. The van der Waals surface area contributed by atoms with Crippen molar-refractivity contribution in [2.24, 2.45) is 5.92 Å². The van der Waals surface area contributed by atoms with Crippen molar-refractivity contribution in [2.75, 3.05) is 13.7 Å². The van der Waals surface area contributed by atoms with E-state index in [0.717, 1.165) is 17.5 Å². The van der Waals surface area contributed by atoms with Gasteiger partial charge in [-0.25, -0.2) is 4.79 Å². The average Bonchev–Trinajstić information content (AvgIpc) is 3.35. The van der Waals surface area contributed by atoms with E-state index in [1.54, 1.807) is 0 Å². The van der Waals surface area contributed by atoms with E-state index >= 15 is 0 Å². The summed E-state index contributed by atoms with van der Waals surface area (Å²) >= 11 is 0. The van der Waals surface area contributed by atoms with E-state index in [4.69, 9.17) is 4.74 Å². The SMILES string of the molecule is COC(=O)C(C)(NCC1CC1)c1ccc2ccccc2c1. The molecule has 0 heterocycles. The summed E-state index contributed by atoms with van der Waals surface area (Å²) < 4.78 is 5.03. The molecular weight excluding hydrogens is 262 g/mol. The van der Waals surface area contributed by atoms with E-state index in [-0.39, 0.29) is 5.97 Å². The molecule has 1 fully saturated rings. The van der Waals surface area contributed by atoms with Gasteiger partial charge in [0.1, 0.15) is 5.54 Å². The number of carbonyl (C=O) groups is 1.